The van der Waals surface area contributed by atoms with Crippen molar-refractivity contribution in [2.45, 2.75) is 6.92 Å². The molecule has 0 fully saturated rings. The van der Waals surface area contributed by atoms with Crippen molar-refractivity contribution in [3.63, 3.8) is 0 Å². The summed E-state index contributed by atoms with van der Waals surface area (Å²) in [5.74, 6) is -0.118. The SMILES string of the molecule is Cc1ccccc1C(=O)Nc1ccc(Nc2ccccc2F)cn1. The number of hydrogen-bond donors (Lipinski definition) is 2. The van der Waals surface area contributed by atoms with Crippen LogP contribution in [0.25, 0.3) is 0 Å². The van der Waals surface area contributed by atoms with Crippen molar-refractivity contribution in [3.05, 3.63) is 83.8 Å². The van der Waals surface area contributed by atoms with Crippen LogP contribution >= 0.6 is 0 Å². The van der Waals surface area contributed by atoms with Crippen LogP contribution in [0.4, 0.5) is 21.6 Å². The Morgan fingerprint density at radius 3 is 2.46 bits per heavy atom. The summed E-state index contributed by atoms with van der Waals surface area (Å²) in [6.45, 7) is 1.88. The van der Waals surface area contributed by atoms with E-state index in [9.17, 15) is 9.18 Å². The number of nitrogens with zero attached hydrogens (tertiary/aromatic N) is 1. The van der Waals surface area contributed by atoms with Gasteiger partial charge in [0.2, 0.25) is 0 Å². The Hall–Kier alpha value is -3.21. The van der Waals surface area contributed by atoms with Crippen molar-refractivity contribution in [2.75, 3.05) is 10.6 Å². The van der Waals surface area contributed by atoms with Crippen LogP contribution in [0.1, 0.15) is 15.9 Å². The molecule has 1 heterocycles. The Labute approximate surface area is 139 Å². The van der Waals surface area contributed by atoms with Crippen LogP contribution in [-0.4, -0.2) is 10.9 Å². The van der Waals surface area contributed by atoms with Gasteiger partial charge in [-0.3, -0.25) is 4.79 Å². The Bertz CT molecular complexity index is 862. The molecule has 2 aromatic carbocycles. The third-order valence-electron chi connectivity index (χ3n) is 3.55. The first-order chi connectivity index (χ1) is 11.6. The predicted octanol–water partition coefficient (Wildman–Crippen LogP) is 4.53. The van der Waals surface area contributed by atoms with E-state index in [0.717, 1.165) is 5.56 Å². The van der Waals surface area contributed by atoms with Gasteiger partial charge in [-0.2, -0.15) is 0 Å². The summed E-state index contributed by atoms with van der Waals surface area (Å²) in [6.07, 6.45) is 1.54. The van der Waals surface area contributed by atoms with E-state index < -0.39 is 0 Å². The first-order valence-electron chi connectivity index (χ1n) is 7.48. The predicted molar refractivity (Wildman–Crippen MR) is 93.1 cm³/mol. The highest BCUT2D eigenvalue weighted by Crippen LogP contribution is 2.20. The van der Waals surface area contributed by atoms with Crippen molar-refractivity contribution in [2.24, 2.45) is 0 Å². The van der Waals surface area contributed by atoms with Gasteiger partial charge in [-0.25, -0.2) is 9.37 Å². The number of carbonyl (C=O) groups is 1. The van der Waals surface area contributed by atoms with Crippen LogP contribution in [-0.2, 0) is 0 Å². The average molecular weight is 321 g/mol. The zero-order valence-electron chi connectivity index (χ0n) is 13.1. The number of halogens is 1. The van der Waals surface area contributed by atoms with Crippen molar-refractivity contribution < 1.29 is 9.18 Å². The van der Waals surface area contributed by atoms with E-state index in [2.05, 4.69) is 15.6 Å². The van der Waals surface area contributed by atoms with Gasteiger partial charge in [0.1, 0.15) is 11.6 Å². The monoisotopic (exact) mass is 321 g/mol. The van der Waals surface area contributed by atoms with E-state index in [1.807, 2.05) is 25.1 Å². The number of benzene rings is 2. The number of amides is 1. The van der Waals surface area contributed by atoms with Gasteiger partial charge >= 0.3 is 0 Å². The maximum Gasteiger partial charge on any atom is 0.257 e. The maximum absolute atomic E-state index is 13.6. The molecule has 0 aliphatic carbocycles. The molecule has 3 aromatic rings. The molecule has 0 aliphatic rings. The van der Waals surface area contributed by atoms with E-state index in [4.69, 9.17) is 0 Å². The second-order valence-corrected chi connectivity index (χ2v) is 5.31. The molecule has 120 valence electrons. The van der Waals surface area contributed by atoms with Crippen molar-refractivity contribution in [1.82, 2.24) is 4.98 Å². The molecular weight excluding hydrogens is 305 g/mol. The lowest BCUT2D eigenvalue weighted by Crippen LogP contribution is -2.14. The fraction of sp³-hybridized carbons (Fsp3) is 0.0526. The quantitative estimate of drug-likeness (QED) is 0.742. The Balaban J connectivity index is 1.70. The number of para-hydroxylation sites is 1. The molecule has 24 heavy (non-hydrogen) atoms. The molecule has 2 N–H and O–H groups in total. The molecule has 3 rings (SSSR count). The number of aromatic nitrogens is 1. The summed E-state index contributed by atoms with van der Waals surface area (Å²) in [6, 6.07) is 17.1. The first-order valence-corrected chi connectivity index (χ1v) is 7.48. The highest BCUT2D eigenvalue weighted by atomic mass is 19.1. The van der Waals surface area contributed by atoms with E-state index in [1.54, 1.807) is 42.6 Å². The molecule has 0 unspecified atom stereocenters. The zero-order chi connectivity index (χ0) is 16.9. The molecule has 1 amide bonds. The van der Waals surface area contributed by atoms with Gasteiger partial charge in [0.25, 0.3) is 5.91 Å². The van der Waals surface area contributed by atoms with E-state index in [0.29, 0.717) is 22.8 Å². The molecule has 0 bridgehead atoms. The Morgan fingerprint density at radius 1 is 1.00 bits per heavy atom. The number of aryl methyl sites for hydroxylation is 1. The van der Waals surface area contributed by atoms with Crippen molar-refractivity contribution in [3.8, 4) is 0 Å². The first kappa shape index (κ1) is 15.7. The van der Waals surface area contributed by atoms with E-state index in [-0.39, 0.29) is 11.7 Å². The normalized spacial score (nSPS) is 10.2. The third-order valence-corrected chi connectivity index (χ3v) is 3.55. The molecular formula is C19H16FN3O. The second kappa shape index (κ2) is 6.91. The number of rotatable bonds is 4. The lowest BCUT2D eigenvalue weighted by atomic mass is 10.1. The van der Waals surface area contributed by atoms with Crippen LogP contribution in [0, 0.1) is 12.7 Å². The summed E-state index contributed by atoms with van der Waals surface area (Å²) in [5, 5.41) is 5.69. The highest BCUT2D eigenvalue weighted by molar-refractivity contribution is 6.04. The van der Waals surface area contributed by atoms with E-state index >= 15 is 0 Å². The van der Waals surface area contributed by atoms with Crippen LogP contribution in [0.3, 0.4) is 0 Å². The fourth-order valence-corrected chi connectivity index (χ4v) is 2.27. The largest absolute Gasteiger partial charge is 0.352 e. The van der Waals surface area contributed by atoms with Gasteiger partial charge in [-0.15, -0.1) is 0 Å². The molecule has 0 aliphatic heterocycles. The number of pyridine rings is 1. The molecule has 1 aromatic heterocycles. The minimum atomic E-state index is -0.338. The lowest BCUT2D eigenvalue weighted by molar-refractivity contribution is 0.102. The lowest BCUT2D eigenvalue weighted by Gasteiger charge is -2.09. The summed E-state index contributed by atoms with van der Waals surface area (Å²) in [7, 11) is 0. The molecule has 0 saturated heterocycles. The van der Waals surface area contributed by atoms with Crippen LogP contribution in [0.5, 0.6) is 0 Å². The molecule has 0 saturated carbocycles. The molecule has 4 nitrogen and oxygen atoms in total. The second-order valence-electron chi connectivity index (χ2n) is 5.31. The summed E-state index contributed by atoms with van der Waals surface area (Å²) in [4.78, 5) is 16.4. The van der Waals surface area contributed by atoms with Gasteiger partial charge in [0, 0.05) is 5.56 Å². The number of anilines is 3. The standard InChI is InChI=1S/C19H16FN3O/c1-13-6-2-3-7-15(13)19(24)23-18-11-10-14(12-21-18)22-17-9-5-4-8-16(17)20/h2-12,22H,1H3,(H,21,23,24). The van der Waals surface area contributed by atoms with Crippen molar-refractivity contribution in [1.29, 1.82) is 0 Å². The molecule has 0 radical (unpaired) electrons. The third kappa shape index (κ3) is 3.57. The van der Waals surface area contributed by atoms with Crippen LogP contribution < -0.4 is 10.6 Å². The van der Waals surface area contributed by atoms with Crippen LogP contribution in [0.2, 0.25) is 0 Å². The summed E-state index contributed by atoms with van der Waals surface area (Å²) >= 11 is 0. The topological polar surface area (TPSA) is 54.0 Å². The number of nitrogens with one attached hydrogen (secondary N) is 2. The molecule has 0 atom stereocenters. The molecule has 0 spiro atoms. The number of carbonyl (C=O) groups excluding carboxylic acids is 1. The Kier molecular flexibility index (Phi) is 4.52. The summed E-state index contributed by atoms with van der Waals surface area (Å²) < 4.78 is 13.6. The Morgan fingerprint density at radius 2 is 1.75 bits per heavy atom. The van der Waals surface area contributed by atoms with Gasteiger partial charge < -0.3 is 10.6 Å². The van der Waals surface area contributed by atoms with Gasteiger partial charge in [0.05, 0.1) is 17.6 Å². The van der Waals surface area contributed by atoms with Crippen molar-refractivity contribution >= 4 is 23.1 Å². The smallest absolute Gasteiger partial charge is 0.257 e. The minimum absolute atomic E-state index is 0.213. The van der Waals surface area contributed by atoms with Gasteiger partial charge in [-0.05, 0) is 42.8 Å². The minimum Gasteiger partial charge on any atom is -0.352 e. The molecule has 5 heteroatoms. The number of hydrogen-bond acceptors (Lipinski definition) is 3. The van der Waals surface area contributed by atoms with E-state index in [1.165, 1.54) is 6.07 Å². The maximum atomic E-state index is 13.6. The summed E-state index contributed by atoms with van der Waals surface area (Å²) in [5.41, 5.74) is 2.51. The zero-order valence-corrected chi connectivity index (χ0v) is 13.1. The van der Waals surface area contributed by atoms with Gasteiger partial charge in [0.15, 0.2) is 0 Å². The van der Waals surface area contributed by atoms with Crippen LogP contribution in [0.15, 0.2) is 66.9 Å². The van der Waals surface area contributed by atoms with Gasteiger partial charge in [-0.1, -0.05) is 30.3 Å². The highest BCUT2D eigenvalue weighted by Gasteiger charge is 2.09. The average Bonchev–Trinajstić information content (AvgIpc) is 2.59. The fourth-order valence-electron chi connectivity index (χ4n) is 2.27.